The summed E-state index contributed by atoms with van der Waals surface area (Å²) >= 11 is 0. The number of carbonyl (C=O) groups is 2. The highest BCUT2D eigenvalue weighted by Crippen LogP contribution is 2.18. The summed E-state index contributed by atoms with van der Waals surface area (Å²) in [6, 6.07) is 17.2. The van der Waals surface area contributed by atoms with Crippen molar-refractivity contribution in [3.63, 3.8) is 0 Å². The Balaban J connectivity index is 1.38. The first-order valence-electron chi connectivity index (χ1n) is 9.76. The van der Waals surface area contributed by atoms with Crippen molar-refractivity contribution in [3.05, 3.63) is 95.4 Å². The van der Waals surface area contributed by atoms with Crippen molar-refractivity contribution in [3.8, 4) is 0 Å². The Morgan fingerprint density at radius 3 is 2.60 bits per heavy atom. The number of aromatic nitrogens is 2. The number of nitrogens with zero attached hydrogens (tertiary/aromatic N) is 1. The number of nitrogens with one attached hydrogen (secondary N) is 3. The van der Waals surface area contributed by atoms with Crippen LogP contribution < -0.4 is 10.6 Å². The third-order valence-corrected chi connectivity index (χ3v) is 4.89. The number of hydrogen-bond acceptors (Lipinski definition) is 3. The summed E-state index contributed by atoms with van der Waals surface area (Å²) in [5, 5.41) is 6.89. The Kier molecular flexibility index (Phi) is 5.57. The molecule has 0 atom stereocenters. The molecule has 0 saturated heterocycles. The lowest BCUT2D eigenvalue weighted by Crippen LogP contribution is -2.26. The maximum Gasteiger partial charge on any atom is 0.257 e. The van der Waals surface area contributed by atoms with Crippen LogP contribution in [0.4, 0.5) is 5.69 Å². The number of carbonyl (C=O) groups excluding carboxylic acids is 2. The number of fused-ring (bicyclic) bond motifs is 1. The lowest BCUT2D eigenvalue weighted by atomic mass is 10.1. The van der Waals surface area contributed by atoms with Gasteiger partial charge in [0, 0.05) is 41.7 Å². The van der Waals surface area contributed by atoms with E-state index in [-0.39, 0.29) is 11.8 Å². The molecule has 0 saturated carbocycles. The van der Waals surface area contributed by atoms with E-state index in [2.05, 4.69) is 26.7 Å². The molecule has 0 aliphatic rings. The van der Waals surface area contributed by atoms with Crippen molar-refractivity contribution in [1.82, 2.24) is 15.3 Å². The normalized spacial score (nSPS) is 10.7. The number of aryl methyl sites for hydroxylation is 1. The first-order chi connectivity index (χ1) is 14.6. The molecular weight excluding hydrogens is 376 g/mol. The number of amides is 2. The van der Waals surface area contributed by atoms with Gasteiger partial charge in [-0.2, -0.15) is 0 Å². The van der Waals surface area contributed by atoms with Gasteiger partial charge in [0.05, 0.1) is 11.1 Å². The third-order valence-electron chi connectivity index (χ3n) is 4.89. The van der Waals surface area contributed by atoms with Crippen LogP contribution in [0.15, 0.2) is 73.2 Å². The number of hydrogen-bond donors (Lipinski definition) is 3. The summed E-state index contributed by atoms with van der Waals surface area (Å²) in [4.78, 5) is 32.3. The van der Waals surface area contributed by atoms with Crippen molar-refractivity contribution in [2.75, 3.05) is 11.9 Å². The summed E-state index contributed by atoms with van der Waals surface area (Å²) in [6.45, 7) is 2.44. The Hall–Kier alpha value is -3.93. The number of rotatable bonds is 6. The number of aromatic amines is 1. The molecule has 4 rings (SSSR count). The minimum atomic E-state index is -0.304. The molecule has 2 heterocycles. The summed E-state index contributed by atoms with van der Waals surface area (Å²) < 4.78 is 0. The van der Waals surface area contributed by atoms with Crippen LogP contribution in [-0.2, 0) is 6.42 Å². The fourth-order valence-electron chi connectivity index (χ4n) is 3.37. The molecule has 3 N–H and O–H groups in total. The predicted molar refractivity (Wildman–Crippen MR) is 118 cm³/mol. The number of anilines is 1. The monoisotopic (exact) mass is 398 g/mol. The highest BCUT2D eigenvalue weighted by atomic mass is 16.2. The fraction of sp³-hybridized carbons (Fsp3) is 0.125. The summed E-state index contributed by atoms with van der Waals surface area (Å²) in [7, 11) is 0. The average Bonchev–Trinajstić information content (AvgIpc) is 3.17. The minimum Gasteiger partial charge on any atom is -0.361 e. The summed E-state index contributed by atoms with van der Waals surface area (Å²) in [5.74, 6) is -0.561. The highest BCUT2D eigenvalue weighted by molar-refractivity contribution is 6.05. The quantitative estimate of drug-likeness (QED) is 0.457. The van der Waals surface area contributed by atoms with Crippen LogP contribution in [0.1, 0.15) is 31.8 Å². The molecule has 0 aliphatic heterocycles. The first kappa shape index (κ1) is 19.4. The van der Waals surface area contributed by atoms with Gasteiger partial charge < -0.3 is 15.6 Å². The number of para-hydroxylation sites is 1. The van der Waals surface area contributed by atoms with E-state index in [9.17, 15) is 9.59 Å². The second kappa shape index (κ2) is 8.61. The maximum absolute atomic E-state index is 12.5. The largest absolute Gasteiger partial charge is 0.361 e. The number of pyridine rings is 1. The van der Waals surface area contributed by atoms with E-state index in [1.165, 1.54) is 12.4 Å². The van der Waals surface area contributed by atoms with Crippen LogP contribution in [0, 0.1) is 6.92 Å². The molecule has 0 fully saturated rings. The van der Waals surface area contributed by atoms with Gasteiger partial charge in [-0.25, -0.2) is 0 Å². The zero-order valence-electron chi connectivity index (χ0n) is 16.6. The van der Waals surface area contributed by atoms with Gasteiger partial charge in [0.15, 0.2) is 0 Å². The molecule has 4 aromatic rings. The van der Waals surface area contributed by atoms with Crippen molar-refractivity contribution in [1.29, 1.82) is 0 Å². The molecule has 0 radical (unpaired) electrons. The summed E-state index contributed by atoms with van der Waals surface area (Å²) in [6.07, 6.45) is 5.59. The van der Waals surface area contributed by atoms with E-state index in [1.807, 2.05) is 55.6 Å². The minimum absolute atomic E-state index is 0.257. The molecular formula is C24H22N4O2. The van der Waals surface area contributed by atoms with Gasteiger partial charge >= 0.3 is 0 Å². The van der Waals surface area contributed by atoms with Gasteiger partial charge in [0.25, 0.3) is 11.8 Å². The van der Waals surface area contributed by atoms with Crippen LogP contribution in [0.2, 0.25) is 0 Å². The topological polar surface area (TPSA) is 86.9 Å². The van der Waals surface area contributed by atoms with E-state index in [4.69, 9.17) is 0 Å². The third kappa shape index (κ3) is 4.38. The Morgan fingerprint density at radius 1 is 0.967 bits per heavy atom. The molecule has 0 unspecified atom stereocenters. The maximum atomic E-state index is 12.5. The molecule has 6 heteroatoms. The van der Waals surface area contributed by atoms with Crippen molar-refractivity contribution in [2.45, 2.75) is 13.3 Å². The average molecular weight is 398 g/mol. The predicted octanol–water partition coefficient (Wildman–Crippen LogP) is 4.10. The standard InChI is InChI=1S/C24H22N4O2/c1-16-5-4-6-20(11-16)28-24(30)19-12-18(13-25-14-19)23(29)26-10-9-17-15-27-22-8-3-2-7-21(17)22/h2-8,11-15,27H,9-10H2,1H3,(H,26,29)(H,28,30). The molecule has 2 aromatic carbocycles. The molecule has 30 heavy (non-hydrogen) atoms. The summed E-state index contributed by atoms with van der Waals surface area (Å²) in [5.41, 5.74) is 4.67. The molecule has 6 nitrogen and oxygen atoms in total. The molecule has 150 valence electrons. The lowest BCUT2D eigenvalue weighted by Gasteiger charge is -2.08. The fourth-order valence-corrected chi connectivity index (χ4v) is 3.37. The van der Waals surface area contributed by atoms with Crippen molar-refractivity contribution in [2.24, 2.45) is 0 Å². The van der Waals surface area contributed by atoms with Gasteiger partial charge in [-0.3, -0.25) is 14.6 Å². The molecule has 2 amide bonds. The van der Waals surface area contributed by atoms with Crippen LogP contribution in [0.3, 0.4) is 0 Å². The van der Waals surface area contributed by atoms with E-state index in [0.29, 0.717) is 29.8 Å². The number of benzene rings is 2. The second-order valence-corrected chi connectivity index (χ2v) is 7.15. The SMILES string of the molecule is Cc1cccc(NC(=O)c2cncc(C(=O)NCCc3c[nH]c4ccccc34)c2)c1. The Bertz CT molecular complexity index is 1210. The van der Waals surface area contributed by atoms with Crippen LogP contribution in [0.25, 0.3) is 10.9 Å². The van der Waals surface area contributed by atoms with E-state index in [1.54, 1.807) is 6.07 Å². The van der Waals surface area contributed by atoms with E-state index >= 15 is 0 Å². The number of H-pyrrole nitrogens is 1. The zero-order chi connectivity index (χ0) is 20.9. The van der Waals surface area contributed by atoms with Crippen LogP contribution in [-0.4, -0.2) is 28.3 Å². The smallest absolute Gasteiger partial charge is 0.257 e. The highest BCUT2D eigenvalue weighted by Gasteiger charge is 2.12. The van der Waals surface area contributed by atoms with Gasteiger partial charge in [-0.15, -0.1) is 0 Å². The van der Waals surface area contributed by atoms with Gasteiger partial charge in [0.1, 0.15) is 0 Å². The second-order valence-electron chi connectivity index (χ2n) is 7.15. The zero-order valence-corrected chi connectivity index (χ0v) is 16.6. The molecule has 2 aromatic heterocycles. The van der Waals surface area contributed by atoms with Gasteiger partial charge in [0.2, 0.25) is 0 Å². The van der Waals surface area contributed by atoms with Gasteiger partial charge in [-0.1, -0.05) is 30.3 Å². The van der Waals surface area contributed by atoms with E-state index in [0.717, 1.165) is 22.0 Å². The lowest BCUT2D eigenvalue weighted by molar-refractivity contribution is 0.0954. The molecule has 0 bridgehead atoms. The Labute approximate surface area is 174 Å². The van der Waals surface area contributed by atoms with Gasteiger partial charge in [-0.05, 0) is 48.7 Å². The van der Waals surface area contributed by atoms with Crippen molar-refractivity contribution < 1.29 is 9.59 Å². The first-order valence-corrected chi connectivity index (χ1v) is 9.76. The van der Waals surface area contributed by atoms with Crippen LogP contribution in [0.5, 0.6) is 0 Å². The van der Waals surface area contributed by atoms with E-state index < -0.39 is 0 Å². The molecule has 0 spiro atoms. The van der Waals surface area contributed by atoms with Crippen molar-refractivity contribution >= 4 is 28.4 Å². The van der Waals surface area contributed by atoms with Crippen LogP contribution >= 0.6 is 0 Å². The molecule has 0 aliphatic carbocycles. The Morgan fingerprint density at radius 2 is 1.77 bits per heavy atom.